The van der Waals surface area contributed by atoms with Crippen LogP contribution in [0.25, 0.3) is 17.1 Å². The van der Waals surface area contributed by atoms with E-state index in [2.05, 4.69) is 48.3 Å². The van der Waals surface area contributed by atoms with Gasteiger partial charge in [0.2, 0.25) is 5.82 Å². The molecule has 3 aromatic carbocycles. The maximum atomic E-state index is 12.9. The van der Waals surface area contributed by atoms with Crippen LogP contribution in [0.5, 0.6) is 0 Å². The molecule has 5 nitrogen and oxygen atoms in total. The molecule has 4 rings (SSSR count). The molecule has 0 aliphatic carbocycles. The first kappa shape index (κ1) is 19.6. The third-order valence-electron chi connectivity index (χ3n) is 5.20. The molecule has 1 aromatic heterocycles. The highest BCUT2D eigenvalue weighted by atomic mass is 16.2. The van der Waals surface area contributed by atoms with Crippen molar-refractivity contribution in [3.8, 4) is 17.1 Å². The number of hydrogen-bond donors (Lipinski definition) is 1. The van der Waals surface area contributed by atoms with Crippen LogP contribution >= 0.6 is 0 Å². The van der Waals surface area contributed by atoms with Crippen molar-refractivity contribution in [1.82, 2.24) is 14.8 Å². The van der Waals surface area contributed by atoms with Crippen molar-refractivity contribution in [2.75, 3.05) is 5.32 Å². The number of amides is 1. The molecule has 0 atom stereocenters. The zero-order chi connectivity index (χ0) is 21.1. The number of hydrogen-bond acceptors (Lipinski definition) is 3. The minimum atomic E-state index is -0.334. The van der Waals surface area contributed by atoms with Gasteiger partial charge in [0.15, 0.2) is 5.82 Å². The summed E-state index contributed by atoms with van der Waals surface area (Å²) in [6, 6.07) is 23.7. The Morgan fingerprint density at radius 2 is 1.67 bits per heavy atom. The van der Waals surface area contributed by atoms with Crippen molar-refractivity contribution in [2.24, 2.45) is 0 Å². The standard InChI is InChI=1S/C25H24N4O/c1-4-19-11-13-21(14-12-19)26-25(30)23-27-24(20-8-6-5-7-9-20)29(28-23)22-15-10-17(2)18(3)16-22/h5-16H,4H2,1-3H3,(H,26,30). The van der Waals surface area contributed by atoms with Gasteiger partial charge >= 0.3 is 0 Å². The largest absolute Gasteiger partial charge is 0.319 e. The van der Waals surface area contributed by atoms with E-state index in [1.807, 2.05) is 60.7 Å². The maximum absolute atomic E-state index is 12.9. The van der Waals surface area contributed by atoms with E-state index in [0.29, 0.717) is 5.82 Å². The Morgan fingerprint density at radius 3 is 2.33 bits per heavy atom. The predicted molar refractivity (Wildman–Crippen MR) is 120 cm³/mol. The molecule has 150 valence electrons. The molecule has 0 radical (unpaired) electrons. The third kappa shape index (κ3) is 4.01. The van der Waals surface area contributed by atoms with Crippen molar-refractivity contribution in [3.05, 3.63) is 95.3 Å². The van der Waals surface area contributed by atoms with Crippen molar-refractivity contribution >= 4 is 11.6 Å². The average molecular weight is 396 g/mol. The summed E-state index contributed by atoms with van der Waals surface area (Å²) in [4.78, 5) is 17.4. The fraction of sp³-hybridized carbons (Fsp3) is 0.160. The summed E-state index contributed by atoms with van der Waals surface area (Å²) in [7, 11) is 0. The quantitative estimate of drug-likeness (QED) is 0.494. The summed E-state index contributed by atoms with van der Waals surface area (Å²) in [5.41, 5.74) is 6.07. The zero-order valence-corrected chi connectivity index (χ0v) is 17.4. The number of anilines is 1. The fourth-order valence-corrected chi connectivity index (χ4v) is 3.23. The van der Waals surface area contributed by atoms with E-state index >= 15 is 0 Å². The van der Waals surface area contributed by atoms with Gasteiger partial charge in [-0.1, -0.05) is 55.5 Å². The Kier molecular flexibility index (Phi) is 5.44. The lowest BCUT2D eigenvalue weighted by molar-refractivity contribution is 0.101. The topological polar surface area (TPSA) is 59.8 Å². The Labute approximate surface area is 176 Å². The SMILES string of the molecule is CCc1ccc(NC(=O)c2nc(-c3ccccc3)n(-c3ccc(C)c(C)c3)n2)cc1. The molecule has 1 amide bonds. The van der Waals surface area contributed by atoms with E-state index < -0.39 is 0 Å². The van der Waals surface area contributed by atoms with Crippen molar-refractivity contribution in [3.63, 3.8) is 0 Å². The van der Waals surface area contributed by atoms with Gasteiger partial charge in [-0.3, -0.25) is 4.79 Å². The van der Waals surface area contributed by atoms with Crippen LogP contribution in [0.4, 0.5) is 5.69 Å². The Morgan fingerprint density at radius 1 is 0.933 bits per heavy atom. The summed E-state index contributed by atoms with van der Waals surface area (Å²) >= 11 is 0. The van der Waals surface area contributed by atoms with Crippen LogP contribution in [0.15, 0.2) is 72.8 Å². The highest BCUT2D eigenvalue weighted by Gasteiger charge is 2.19. The van der Waals surface area contributed by atoms with Crippen LogP contribution in [-0.4, -0.2) is 20.7 Å². The molecule has 0 aliphatic rings. The van der Waals surface area contributed by atoms with Crippen molar-refractivity contribution < 1.29 is 4.79 Å². The molecule has 0 aliphatic heterocycles. The number of aryl methyl sites for hydroxylation is 3. The van der Waals surface area contributed by atoms with Crippen LogP contribution in [-0.2, 0) is 6.42 Å². The number of rotatable bonds is 5. The predicted octanol–water partition coefficient (Wildman–Crippen LogP) is 5.37. The Hall–Kier alpha value is -3.73. The van der Waals surface area contributed by atoms with Gasteiger partial charge in [-0.15, -0.1) is 5.10 Å². The average Bonchev–Trinajstić information content (AvgIpc) is 3.22. The van der Waals surface area contributed by atoms with E-state index in [9.17, 15) is 4.79 Å². The van der Waals surface area contributed by atoms with E-state index in [1.165, 1.54) is 11.1 Å². The number of aromatic nitrogens is 3. The molecule has 5 heteroatoms. The number of nitrogens with one attached hydrogen (secondary N) is 1. The van der Waals surface area contributed by atoms with Crippen LogP contribution < -0.4 is 5.32 Å². The number of benzene rings is 3. The van der Waals surface area contributed by atoms with Crippen molar-refractivity contribution in [2.45, 2.75) is 27.2 Å². The van der Waals surface area contributed by atoms with Gasteiger partial charge in [0, 0.05) is 11.3 Å². The lowest BCUT2D eigenvalue weighted by Gasteiger charge is -2.08. The molecule has 30 heavy (non-hydrogen) atoms. The fourth-order valence-electron chi connectivity index (χ4n) is 3.23. The molecule has 0 fully saturated rings. The van der Waals surface area contributed by atoms with Crippen LogP contribution in [0.2, 0.25) is 0 Å². The summed E-state index contributed by atoms with van der Waals surface area (Å²) < 4.78 is 1.73. The van der Waals surface area contributed by atoms with Crippen molar-refractivity contribution in [1.29, 1.82) is 0 Å². The first-order chi connectivity index (χ1) is 14.5. The summed E-state index contributed by atoms with van der Waals surface area (Å²) in [6.07, 6.45) is 0.955. The molecule has 1 heterocycles. The normalized spacial score (nSPS) is 10.8. The number of nitrogens with zero attached hydrogens (tertiary/aromatic N) is 3. The van der Waals surface area contributed by atoms with Crippen LogP contribution in [0.3, 0.4) is 0 Å². The monoisotopic (exact) mass is 396 g/mol. The van der Waals surface area contributed by atoms with E-state index in [1.54, 1.807) is 4.68 Å². The molecular formula is C25H24N4O. The highest BCUT2D eigenvalue weighted by molar-refractivity contribution is 6.01. The van der Waals surface area contributed by atoms with Gasteiger partial charge in [-0.05, 0) is 61.2 Å². The lowest BCUT2D eigenvalue weighted by Crippen LogP contribution is -2.14. The van der Waals surface area contributed by atoms with Gasteiger partial charge < -0.3 is 5.32 Å². The first-order valence-corrected chi connectivity index (χ1v) is 10.1. The Bertz CT molecular complexity index is 1180. The second kappa shape index (κ2) is 8.33. The van der Waals surface area contributed by atoms with E-state index in [4.69, 9.17) is 0 Å². The minimum Gasteiger partial charge on any atom is -0.319 e. The van der Waals surface area contributed by atoms with Gasteiger partial charge in [0.05, 0.1) is 5.69 Å². The molecule has 0 saturated heterocycles. The first-order valence-electron chi connectivity index (χ1n) is 10.1. The van der Waals surface area contributed by atoms with Gasteiger partial charge in [-0.2, -0.15) is 0 Å². The maximum Gasteiger partial charge on any atom is 0.295 e. The smallest absolute Gasteiger partial charge is 0.295 e. The molecule has 0 spiro atoms. The third-order valence-corrected chi connectivity index (χ3v) is 5.20. The Balaban J connectivity index is 1.72. The molecule has 0 bridgehead atoms. The van der Waals surface area contributed by atoms with E-state index in [0.717, 1.165) is 28.9 Å². The molecule has 0 saturated carbocycles. The second-order valence-electron chi connectivity index (χ2n) is 7.31. The number of carbonyl (C=O) groups is 1. The van der Waals surface area contributed by atoms with Crippen LogP contribution in [0, 0.1) is 13.8 Å². The highest BCUT2D eigenvalue weighted by Crippen LogP contribution is 2.23. The van der Waals surface area contributed by atoms with Gasteiger partial charge in [0.25, 0.3) is 5.91 Å². The molecule has 1 N–H and O–H groups in total. The summed E-state index contributed by atoms with van der Waals surface area (Å²) in [6.45, 7) is 6.23. The lowest BCUT2D eigenvalue weighted by atomic mass is 10.1. The molecular weight excluding hydrogens is 372 g/mol. The number of carbonyl (C=O) groups excluding carboxylic acids is 1. The van der Waals surface area contributed by atoms with E-state index in [-0.39, 0.29) is 11.7 Å². The molecule has 0 unspecified atom stereocenters. The van der Waals surface area contributed by atoms with Gasteiger partial charge in [0.1, 0.15) is 0 Å². The van der Waals surface area contributed by atoms with Crippen LogP contribution in [0.1, 0.15) is 34.2 Å². The molecule has 4 aromatic rings. The van der Waals surface area contributed by atoms with Gasteiger partial charge in [-0.25, -0.2) is 9.67 Å². The zero-order valence-electron chi connectivity index (χ0n) is 17.4. The summed E-state index contributed by atoms with van der Waals surface area (Å²) in [5.74, 6) is 0.427. The minimum absolute atomic E-state index is 0.131. The summed E-state index contributed by atoms with van der Waals surface area (Å²) in [5, 5.41) is 7.45. The second-order valence-corrected chi connectivity index (χ2v) is 7.31.